The van der Waals surface area contributed by atoms with Crippen LogP contribution in [0.5, 0.6) is 0 Å². The topological polar surface area (TPSA) is 54.6 Å². The van der Waals surface area contributed by atoms with E-state index in [9.17, 15) is 14.3 Å². The molecule has 2 aromatic heterocycles. The normalized spacial score (nSPS) is 11.0. The largest absolute Gasteiger partial charge is 0.476 e. The van der Waals surface area contributed by atoms with Crippen molar-refractivity contribution in [3.05, 3.63) is 59.7 Å². The summed E-state index contributed by atoms with van der Waals surface area (Å²) >= 11 is 0. The van der Waals surface area contributed by atoms with Crippen molar-refractivity contribution in [3.8, 4) is 11.3 Å². The quantitative estimate of drug-likeness (QED) is 0.802. The second-order valence-corrected chi connectivity index (χ2v) is 4.74. The molecule has 0 aliphatic rings. The molecule has 0 aliphatic carbocycles. The minimum atomic E-state index is -1.14. The van der Waals surface area contributed by atoms with Gasteiger partial charge in [0.25, 0.3) is 0 Å². The molecule has 5 heteroatoms. The summed E-state index contributed by atoms with van der Waals surface area (Å²) in [6.45, 7) is 2.05. The Morgan fingerprint density at radius 2 is 1.95 bits per heavy atom. The number of nitrogens with zero attached hydrogens (tertiary/aromatic N) is 2. The van der Waals surface area contributed by atoms with Crippen LogP contribution in [0.4, 0.5) is 4.39 Å². The Morgan fingerprint density at radius 3 is 2.57 bits per heavy atom. The van der Waals surface area contributed by atoms with Crippen molar-refractivity contribution in [2.75, 3.05) is 0 Å². The lowest BCUT2D eigenvalue weighted by Gasteiger charge is -2.02. The Labute approximate surface area is 120 Å². The molecule has 0 spiro atoms. The Morgan fingerprint density at radius 1 is 1.24 bits per heavy atom. The van der Waals surface area contributed by atoms with Gasteiger partial charge >= 0.3 is 5.97 Å². The molecule has 4 nitrogen and oxygen atoms in total. The van der Waals surface area contributed by atoms with E-state index >= 15 is 0 Å². The third-order valence-electron chi connectivity index (χ3n) is 3.42. The minimum absolute atomic E-state index is 0.0336. The number of fused-ring (bicyclic) bond motifs is 1. The molecular formula is C16H13FN2O2. The summed E-state index contributed by atoms with van der Waals surface area (Å²) in [5, 5.41) is 9.42. The zero-order valence-electron chi connectivity index (χ0n) is 11.4. The maximum absolute atomic E-state index is 13.3. The van der Waals surface area contributed by atoms with Crippen molar-refractivity contribution in [1.82, 2.24) is 9.38 Å². The van der Waals surface area contributed by atoms with Gasteiger partial charge in [-0.3, -0.25) is 4.40 Å². The summed E-state index contributed by atoms with van der Waals surface area (Å²) in [5.74, 6) is -1.64. The SMILES string of the molecule is CCc1ccc(-c2nc3ccc(F)cn3c2C(=O)O)cc1. The van der Waals surface area contributed by atoms with E-state index in [1.54, 1.807) is 0 Å². The predicted molar refractivity (Wildman–Crippen MR) is 76.9 cm³/mol. The smallest absolute Gasteiger partial charge is 0.355 e. The van der Waals surface area contributed by atoms with E-state index in [1.807, 2.05) is 31.2 Å². The van der Waals surface area contributed by atoms with Gasteiger partial charge in [-0.1, -0.05) is 31.2 Å². The van der Waals surface area contributed by atoms with Crippen LogP contribution in [-0.4, -0.2) is 20.5 Å². The number of aryl methyl sites for hydroxylation is 1. The zero-order chi connectivity index (χ0) is 15.0. The lowest BCUT2D eigenvalue weighted by Crippen LogP contribution is -2.04. The number of hydrogen-bond acceptors (Lipinski definition) is 2. The molecule has 2 heterocycles. The fraction of sp³-hybridized carbons (Fsp3) is 0.125. The summed E-state index contributed by atoms with van der Waals surface area (Å²) in [7, 11) is 0. The summed E-state index contributed by atoms with van der Waals surface area (Å²) in [6, 6.07) is 10.3. The van der Waals surface area contributed by atoms with Crippen molar-refractivity contribution in [2.24, 2.45) is 0 Å². The number of hydrogen-bond donors (Lipinski definition) is 1. The second kappa shape index (κ2) is 5.01. The van der Waals surface area contributed by atoms with E-state index in [0.29, 0.717) is 16.9 Å². The van der Waals surface area contributed by atoms with Crippen molar-refractivity contribution < 1.29 is 14.3 Å². The Balaban J connectivity index is 2.25. The van der Waals surface area contributed by atoms with Gasteiger partial charge in [-0.25, -0.2) is 14.2 Å². The number of benzene rings is 1. The van der Waals surface area contributed by atoms with Gasteiger partial charge < -0.3 is 5.11 Å². The Kier molecular flexibility index (Phi) is 3.17. The zero-order valence-corrected chi connectivity index (χ0v) is 11.4. The summed E-state index contributed by atoms with van der Waals surface area (Å²) in [6.07, 6.45) is 2.04. The van der Waals surface area contributed by atoms with Gasteiger partial charge in [-0.15, -0.1) is 0 Å². The fourth-order valence-corrected chi connectivity index (χ4v) is 2.32. The highest BCUT2D eigenvalue weighted by Gasteiger charge is 2.20. The number of pyridine rings is 1. The van der Waals surface area contributed by atoms with Crippen LogP contribution in [0.25, 0.3) is 16.9 Å². The van der Waals surface area contributed by atoms with Gasteiger partial charge in [0, 0.05) is 11.8 Å². The number of imidazole rings is 1. The van der Waals surface area contributed by atoms with Crippen LogP contribution in [0, 0.1) is 5.82 Å². The first-order valence-corrected chi connectivity index (χ1v) is 6.60. The minimum Gasteiger partial charge on any atom is -0.476 e. The van der Waals surface area contributed by atoms with Crippen molar-refractivity contribution in [1.29, 1.82) is 0 Å². The van der Waals surface area contributed by atoms with Crippen molar-refractivity contribution >= 4 is 11.6 Å². The third kappa shape index (κ3) is 2.27. The molecule has 1 aromatic carbocycles. The maximum Gasteiger partial charge on any atom is 0.355 e. The molecule has 0 unspecified atom stereocenters. The van der Waals surface area contributed by atoms with E-state index < -0.39 is 11.8 Å². The van der Waals surface area contributed by atoms with Gasteiger partial charge in [0.1, 0.15) is 17.2 Å². The molecule has 3 aromatic rings. The van der Waals surface area contributed by atoms with Crippen LogP contribution in [0.3, 0.4) is 0 Å². The monoisotopic (exact) mass is 284 g/mol. The van der Waals surface area contributed by atoms with Gasteiger partial charge in [0.15, 0.2) is 5.69 Å². The lowest BCUT2D eigenvalue weighted by molar-refractivity contribution is 0.0690. The second-order valence-electron chi connectivity index (χ2n) is 4.74. The molecule has 0 fully saturated rings. The molecule has 0 amide bonds. The molecule has 0 saturated carbocycles. The van der Waals surface area contributed by atoms with E-state index in [4.69, 9.17) is 0 Å². The maximum atomic E-state index is 13.3. The van der Waals surface area contributed by atoms with E-state index in [1.165, 1.54) is 16.5 Å². The van der Waals surface area contributed by atoms with Gasteiger partial charge in [-0.2, -0.15) is 0 Å². The Bertz CT molecular complexity index is 822. The molecule has 0 bridgehead atoms. The average Bonchev–Trinajstić information content (AvgIpc) is 2.86. The lowest BCUT2D eigenvalue weighted by atomic mass is 10.1. The number of aromatic carboxylic acids is 1. The summed E-state index contributed by atoms with van der Waals surface area (Å²) in [4.78, 5) is 15.8. The number of aromatic nitrogens is 2. The van der Waals surface area contributed by atoms with Gasteiger partial charge in [0.2, 0.25) is 0 Å². The highest BCUT2D eigenvalue weighted by molar-refractivity contribution is 5.94. The number of carbonyl (C=O) groups is 1. The van der Waals surface area contributed by atoms with Crippen molar-refractivity contribution in [3.63, 3.8) is 0 Å². The molecule has 0 radical (unpaired) electrons. The van der Waals surface area contributed by atoms with E-state index in [0.717, 1.165) is 18.2 Å². The number of halogens is 1. The summed E-state index contributed by atoms with van der Waals surface area (Å²) < 4.78 is 14.6. The van der Waals surface area contributed by atoms with Crippen LogP contribution in [0.1, 0.15) is 23.0 Å². The molecule has 3 rings (SSSR count). The first kappa shape index (κ1) is 13.3. The third-order valence-corrected chi connectivity index (χ3v) is 3.42. The number of rotatable bonds is 3. The Hall–Kier alpha value is -2.69. The molecule has 0 atom stereocenters. The van der Waals surface area contributed by atoms with Gasteiger partial charge in [0.05, 0.1) is 0 Å². The van der Waals surface area contributed by atoms with Crippen molar-refractivity contribution in [2.45, 2.75) is 13.3 Å². The molecule has 1 N–H and O–H groups in total. The highest BCUT2D eigenvalue weighted by atomic mass is 19.1. The highest BCUT2D eigenvalue weighted by Crippen LogP contribution is 2.25. The predicted octanol–water partition coefficient (Wildman–Crippen LogP) is 3.40. The van der Waals surface area contributed by atoms with E-state index in [2.05, 4.69) is 4.98 Å². The van der Waals surface area contributed by atoms with Crippen LogP contribution < -0.4 is 0 Å². The van der Waals surface area contributed by atoms with E-state index in [-0.39, 0.29) is 5.69 Å². The molecule has 21 heavy (non-hydrogen) atoms. The van der Waals surface area contributed by atoms with Crippen LogP contribution in [0.2, 0.25) is 0 Å². The summed E-state index contributed by atoms with van der Waals surface area (Å²) in [5.41, 5.74) is 2.58. The molecule has 0 saturated heterocycles. The van der Waals surface area contributed by atoms with Crippen LogP contribution >= 0.6 is 0 Å². The molecule has 0 aliphatic heterocycles. The average molecular weight is 284 g/mol. The van der Waals surface area contributed by atoms with Crippen LogP contribution in [0.15, 0.2) is 42.6 Å². The first-order chi connectivity index (χ1) is 10.1. The molecular weight excluding hydrogens is 271 g/mol. The standard InChI is InChI=1S/C16H13FN2O2/c1-2-10-3-5-11(6-4-10)14-15(16(20)21)19-9-12(17)7-8-13(19)18-14/h3-9H,2H2,1H3,(H,20,21). The molecule has 106 valence electrons. The number of carboxylic acids is 1. The first-order valence-electron chi connectivity index (χ1n) is 6.60. The van der Waals surface area contributed by atoms with Gasteiger partial charge in [-0.05, 0) is 24.1 Å². The van der Waals surface area contributed by atoms with Crippen LogP contribution in [-0.2, 0) is 6.42 Å². The number of carboxylic acid groups (broad SMARTS) is 1. The fourth-order valence-electron chi connectivity index (χ4n) is 2.32.